The van der Waals surface area contributed by atoms with E-state index in [2.05, 4.69) is 10.3 Å². The number of fused-ring (bicyclic) bond motifs is 1. The molecule has 0 saturated carbocycles. The Labute approximate surface area is 239 Å². The highest BCUT2D eigenvalue weighted by Gasteiger charge is 2.40. The van der Waals surface area contributed by atoms with Crippen molar-refractivity contribution in [2.24, 2.45) is 7.05 Å². The van der Waals surface area contributed by atoms with Gasteiger partial charge >= 0.3 is 12.1 Å². The first-order chi connectivity index (χ1) is 19.4. The number of nitrogens with zero attached hydrogens (tertiary/aromatic N) is 3. The van der Waals surface area contributed by atoms with Crippen molar-refractivity contribution >= 4 is 29.0 Å². The maximum absolute atomic E-state index is 13.2. The summed E-state index contributed by atoms with van der Waals surface area (Å²) in [7, 11) is 1.93. The van der Waals surface area contributed by atoms with E-state index in [1.165, 1.54) is 4.90 Å². The molecule has 5 rings (SSSR count). The Kier molecular flexibility index (Phi) is 6.95. The van der Waals surface area contributed by atoms with Crippen LogP contribution in [0.1, 0.15) is 51.3 Å². The van der Waals surface area contributed by atoms with Crippen molar-refractivity contribution < 1.29 is 19.4 Å². The van der Waals surface area contributed by atoms with Crippen LogP contribution in [0.25, 0.3) is 22.5 Å². The van der Waals surface area contributed by atoms with Gasteiger partial charge in [-0.2, -0.15) is 0 Å². The Morgan fingerprint density at radius 3 is 2.20 bits per heavy atom. The lowest BCUT2D eigenvalue weighted by Gasteiger charge is -2.45. The van der Waals surface area contributed by atoms with Gasteiger partial charge in [-0.25, -0.2) is 14.6 Å². The number of para-hydroxylation sites is 1. The zero-order valence-corrected chi connectivity index (χ0v) is 24.1. The molecule has 0 unspecified atom stereocenters. The highest BCUT2D eigenvalue weighted by molar-refractivity contribution is 6.29. The van der Waals surface area contributed by atoms with Gasteiger partial charge < -0.3 is 19.7 Å². The van der Waals surface area contributed by atoms with E-state index in [0.29, 0.717) is 22.6 Å². The van der Waals surface area contributed by atoms with Crippen molar-refractivity contribution in [3.8, 4) is 17.0 Å². The number of carbonyl (C=O) groups excluding carboxylic acids is 1. The molecule has 1 aromatic heterocycles. The number of hydrogen-bond acceptors (Lipinski definition) is 5. The van der Waals surface area contributed by atoms with Gasteiger partial charge in [0.25, 0.3) is 0 Å². The summed E-state index contributed by atoms with van der Waals surface area (Å²) in [5, 5.41) is 13.5. The molecule has 0 aliphatic carbocycles. The molecule has 4 aromatic rings. The molecule has 2 N–H and O–H groups in total. The largest absolute Gasteiger partial charge is 0.465 e. The fourth-order valence-electron chi connectivity index (χ4n) is 5.51. The van der Waals surface area contributed by atoms with Crippen molar-refractivity contribution in [1.82, 2.24) is 14.5 Å². The highest BCUT2D eigenvalue weighted by atomic mass is 16.5. The SMILES string of the molecule is Cn1cnc(-c2ccc(N/C(=C3\C(=O)Oc4ccccc43)c3ccc(C(C)(C)N(C(=O)O)C(C)(C)C)cc3)cc2)c1. The molecule has 0 spiro atoms. The number of carbonyl (C=O) groups is 2. The van der Waals surface area contributed by atoms with Crippen LogP contribution < -0.4 is 10.1 Å². The molecular weight excluding hydrogens is 516 g/mol. The molecular formula is C33H34N4O4. The minimum Gasteiger partial charge on any atom is -0.465 e. The maximum atomic E-state index is 13.2. The molecule has 8 nitrogen and oxygen atoms in total. The number of anilines is 1. The third-order valence-electron chi connectivity index (χ3n) is 7.27. The Hall–Kier alpha value is -4.85. The monoisotopic (exact) mass is 550 g/mol. The number of esters is 1. The first kappa shape index (κ1) is 27.7. The molecule has 1 amide bonds. The number of benzene rings is 3. The summed E-state index contributed by atoms with van der Waals surface area (Å²) in [5.74, 6) is 0.0744. The standard InChI is InChI=1S/C33H34N4O4/c1-32(2,3)37(31(39)40)33(4,5)23-15-11-22(12-16-23)29(28-25-9-7-8-10-27(25)41-30(28)38)35-24-17-13-21(14-18-24)26-19-36(6)20-34-26/h7-20,35H,1-6H3,(H,39,40)/b29-28-. The quantitative estimate of drug-likeness (QED) is 0.152. The van der Waals surface area contributed by atoms with Crippen LogP contribution >= 0.6 is 0 Å². The van der Waals surface area contributed by atoms with Gasteiger partial charge in [0.15, 0.2) is 0 Å². The zero-order chi connectivity index (χ0) is 29.5. The lowest BCUT2D eigenvalue weighted by Crippen LogP contribution is -2.54. The topological polar surface area (TPSA) is 96.7 Å². The van der Waals surface area contributed by atoms with E-state index in [9.17, 15) is 14.7 Å². The van der Waals surface area contributed by atoms with Crippen LogP contribution in [-0.2, 0) is 17.4 Å². The molecule has 0 atom stereocenters. The van der Waals surface area contributed by atoms with Gasteiger partial charge in [-0.05, 0) is 63.9 Å². The Morgan fingerprint density at radius 1 is 0.951 bits per heavy atom. The van der Waals surface area contributed by atoms with Crippen LogP contribution in [0.15, 0.2) is 85.3 Å². The van der Waals surface area contributed by atoms with Crippen LogP contribution in [0, 0.1) is 0 Å². The number of ether oxygens (including phenoxy) is 1. The predicted molar refractivity (Wildman–Crippen MR) is 160 cm³/mol. The summed E-state index contributed by atoms with van der Waals surface area (Å²) in [5.41, 5.74) is 4.56. The molecule has 210 valence electrons. The Bertz CT molecular complexity index is 1640. The maximum Gasteiger partial charge on any atom is 0.408 e. The summed E-state index contributed by atoms with van der Waals surface area (Å²) in [6, 6.07) is 22.8. The molecule has 1 aliphatic heterocycles. The number of imidazole rings is 1. The smallest absolute Gasteiger partial charge is 0.408 e. The van der Waals surface area contributed by atoms with E-state index >= 15 is 0 Å². The summed E-state index contributed by atoms with van der Waals surface area (Å²) in [4.78, 5) is 31.3. The molecule has 0 bridgehead atoms. The van der Waals surface area contributed by atoms with Gasteiger partial charge in [0, 0.05) is 35.6 Å². The fraction of sp³-hybridized carbons (Fsp3) is 0.242. The molecule has 2 heterocycles. The van der Waals surface area contributed by atoms with Crippen LogP contribution in [0.2, 0.25) is 0 Å². The van der Waals surface area contributed by atoms with Crippen molar-refractivity contribution in [3.63, 3.8) is 0 Å². The number of carboxylic acid groups (broad SMARTS) is 1. The average Bonchev–Trinajstić information content (AvgIpc) is 3.48. The molecule has 0 radical (unpaired) electrons. The molecule has 3 aromatic carbocycles. The second kappa shape index (κ2) is 10.3. The first-order valence-electron chi connectivity index (χ1n) is 13.4. The summed E-state index contributed by atoms with van der Waals surface area (Å²) >= 11 is 0. The lowest BCUT2D eigenvalue weighted by molar-refractivity contribution is -0.126. The summed E-state index contributed by atoms with van der Waals surface area (Å²) in [6.45, 7) is 9.43. The summed E-state index contributed by atoms with van der Waals surface area (Å²) < 4.78 is 7.49. The zero-order valence-electron chi connectivity index (χ0n) is 24.1. The average molecular weight is 551 g/mol. The number of nitrogens with one attached hydrogen (secondary N) is 1. The minimum atomic E-state index is -0.990. The van der Waals surface area contributed by atoms with Crippen LogP contribution in [0.4, 0.5) is 10.5 Å². The van der Waals surface area contributed by atoms with E-state index in [0.717, 1.165) is 28.1 Å². The first-order valence-corrected chi connectivity index (χ1v) is 13.4. The van der Waals surface area contributed by atoms with Gasteiger partial charge in [0.05, 0.1) is 28.8 Å². The van der Waals surface area contributed by atoms with Crippen LogP contribution in [0.5, 0.6) is 5.75 Å². The molecule has 41 heavy (non-hydrogen) atoms. The fourth-order valence-corrected chi connectivity index (χ4v) is 5.51. The molecule has 0 saturated heterocycles. The van der Waals surface area contributed by atoms with Gasteiger partial charge in [0.2, 0.25) is 0 Å². The van der Waals surface area contributed by atoms with Gasteiger partial charge in [-0.15, -0.1) is 0 Å². The van der Waals surface area contributed by atoms with Gasteiger partial charge in [0.1, 0.15) is 5.75 Å². The number of aromatic nitrogens is 2. The van der Waals surface area contributed by atoms with Crippen molar-refractivity contribution in [2.45, 2.75) is 45.7 Å². The molecule has 8 heteroatoms. The van der Waals surface area contributed by atoms with Crippen molar-refractivity contribution in [3.05, 3.63) is 102 Å². The third-order valence-corrected chi connectivity index (χ3v) is 7.27. The highest BCUT2D eigenvalue weighted by Crippen LogP contribution is 2.40. The Morgan fingerprint density at radius 2 is 1.61 bits per heavy atom. The Balaban J connectivity index is 1.56. The minimum absolute atomic E-state index is 0.434. The predicted octanol–water partition coefficient (Wildman–Crippen LogP) is 7.00. The van der Waals surface area contributed by atoms with Crippen molar-refractivity contribution in [2.75, 3.05) is 5.32 Å². The lowest BCUT2D eigenvalue weighted by atomic mass is 9.87. The number of rotatable bonds is 6. The van der Waals surface area contributed by atoms with Gasteiger partial charge in [-0.3, -0.25) is 4.90 Å². The van der Waals surface area contributed by atoms with E-state index in [1.54, 1.807) is 12.4 Å². The summed E-state index contributed by atoms with van der Waals surface area (Å²) in [6.07, 6.45) is 2.72. The van der Waals surface area contributed by atoms with E-state index in [4.69, 9.17) is 4.74 Å². The van der Waals surface area contributed by atoms with Gasteiger partial charge in [-0.1, -0.05) is 54.6 Å². The molecule has 1 aliphatic rings. The number of amides is 1. The van der Waals surface area contributed by atoms with Crippen LogP contribution in [-0.4, -0.2) is 37.2 Å². The second-order valence-corrected chi connectivity index (χ2v) is 11.7. The number of hydrogen-bond donors (Lipinski definition) is 2. The van der Waals surface area contributed by atoms with Crippen molar-refractivity contribution in [1.29, 1.82) is 0 Å². The normalized spacial score (nSPS) is 14.3. The number of aryl methyl sites for hydroxylation is 1. The molecule has 0 fully saturated rings. The second-order valence-electron chi connectivity index (χ2n) is 11.7. The van der Waals surface area contributed by atoms with E-state index in [-0.39, 0.29) is 0 Å². The van der Waals surface area contributed by atoms with Crippen LogP contribution in [0.3, 0.4) is 0 Å². The van der Waals surface area contributed by atoms with E-state index < -0.39 is 23.1 Å². The third kappa shape index (κ3) is 5.33. The van der Waals surface area contributed by atoms with E-state index in [1.807, 2.05) is 119 Å².